The summed E-state index contributed by atoms with van der Waals surface area (Å²) in [5.74, 6) is -0.608. The molecule has 1 rings (SSSR count). The second-order valence-corrected chi connectivity index (χ2v) is 4.19. The third-order valence-corrected chi connectivity index (χ3v) is 1.88. The van der Waals surface area contributed by atoms with Crippen LogP contribution in [0, 0.1) is 0 Å². The Balaban J connectivity index is 3.26. The Hall–Kier alpha value is -1.32. The molecule has 0 amide bonds. The molecule has 78 valence electrons. The number of aromatic nitrogens is 1. The zero-order valence-corrected chi connectivity index (χ0v) is 8.92. The minimum atomic E-state index is -1.05. The molecular weight excluding hydrogens is 182 g/mol. The van der Waals surface area contributed by atoms with Gasteiger partial charge in [-0.3, -0.25) is 0 Å². The van der Waals surface area contributed by atoms with Crippen LogP contribution in [0.1, 0.15) is 49.8 Å². The smallest absolute Gasteiger partial charge is 0.373 e. The highest BCUT2D eigenvalue weighted by Gasteiger charge is 2.28. The standard InChI is InChI=1S/C10H15NO3/c1-5-6-11-8(10(2,3)4)7(14-6)9(12)13/h5H2,1-4H3,(H,12,13). The largest absolute Gasteiger partial charge is 0.475 e. The number of aromatic carboxylic acids is 1. The van der Waals surface area contributed by atoms with Gasteiger partial charge >= 0.3 is 5.97 Å². The molecule has 0 unspecified atom stereocenters. The van der Waals surface area contributed by atoms with Gasteiger partial charge in [0.2, 0.25) is 5.76 Å². The third-order valence-electron chi connectivity index (χ3n) is 1.88. The summed E-state index contributed by atoms with van der Waals surface area (Å²) in [5, 5.41) is 8.90. The van der Waals surface area contributed by atoms with Crippen LogP contribution in [0.2, 0.25) is 0 Å². The van der Waals surface area contributed by atoms with Gasteiger partial charge in [-0.1, -0.05) is 27.7 Å². The summed E-state index contributed by atoms with van der Waals surface area (Å²) in [7, 11) is 0. The molecule has 1 aromatic rings. The first-order valence-corrected chi connectivity index (χ1v) is 4.59. The molecule has 0 aliphatic rings. The molecule has 1 heterocycles. The van der Waals surface area contributed by atoms with E-state index in [9.17, 15) is 4.79 Å². The van der Waals surface area contributed by atoms with E-state index in [1.165, 1.54) is 0 Å². The zero-order valence-electron chi connectivity index (χ0n) is 8.92. The van der Waals surface area contributed by atoms with Crippen molar-refractivity contribution in [3.05, 3.63) is 17.3 Å². The van der Waals surface area contributed by atoms with Gasteiger partial charge in [0.05, 0.1) is 5.69 Å². The lowest BCUT2D eigenvalue weighted by Crippen LogP contribution is -2.16. The van der Waals surface area contributed by atoms with Gasteiger partial charge in [-0.05, 0) is 0 Å². The number of carbonyl (C=O) groups is 1. The fraction of sp³-hybridized carbons (Fsp3) is 0.600. The molecular formula is C10H15NO3. The number of carboxylic acids is 1. The summed E-state index contributed by atoms with van der Waals surface area (Å²) in [6, 6.07) is 0. The molecule has 0 aromatic carbocycles. The number of hydrogen-bond donors (Lipinski definition) is 1. The topological polar surface area (TPSA) is 63.3 Å². The van der Waals surface area contributed by atoms with Crippen molar-refractivity contribution in [2.75, 3.05) is 0 Å². The van der Waals surface area contributed by atoms with Gasteiger partial charge in [0, 0.05) is 11.8 Å². The lowest BCUT2D eigenvalue weighted by atomic mass is 9.91. The second-order valence-electron chi connectivity index (χ2n) is 4.19. The van der Waals surface area contributed by atoms with E-state index in [0.29, 0.717) is 18.0 Å². The van der Waals surface area contributed by atoms with Crippen LogP contribution in [0.4, 0.5) is 0 Å². The van der Waals surface area contributed by atoms with Gasteiger partial charge in [0.15, 0.2) is 5.89 Å². The van der Waals surface area contributed by atoms with Gasteiger partial charge < -0.3 is 9.52 Å². The summed E-state index contributed by atoms with van der Waals surface area (Å²) in [5.41, 5.74) is 0.215. The van der Waals surface area contributed by atoms with Crippen molar-refractivity contribution >= 4 is 5.97 Å². The van der Waals surface area contributed by atoms with Crippen molar-refractivity contribution in [2.45, 2.75) is 39.5 Å². The number of oxazole rings is 1. The molecule has 4 heteroatoms. The minimum Gasteiger partial charge on any atom is -0.475 e. The number of hydrogen-bond acceptors (Lipinski definition) is 3. The Morgan fingerprint density at radius 1 is 1.50 bits per heavy atom. The van der Waals surface area contributed by atoms with Crippen molar-refractivity contribution in [1.82, 2.24) is 4.98 Å². The molecule has 0 aliphatic carbocycles. The second kappa shape index (κ2) is 3.44. The molecule has 0 spiro atoms. The van der Waals surface area contributed by atoms with Crippen LogP contribution in [0.5, 0.6) is 0 Å². The highest BCUT2D eigenvalue weighted by molar-refractivity contribution is 5.86. The molecule has 0 atom stereocenters. The summed E-state index contributed by atoms with van der Waals surface area (Å²) >= 11 is 0. The van der Waals surface area contributed by atoms with Crippen LogP contribution in [0.3, 0.4) is 0 Å². The van der Waals surface area contributed by atoms with Gasteiger partial charge in [-0.15, -0.1) is 0 Å². The fourth-order valence-electron chi connectivity index (χ4n) is 1.17. The first kappa shape index (κ1) is 10.8. The summed E-state index contributed by atoms with van der Waals surface area (Å²) in [6.45, 7) is 7.62. The van der Waals surface area contributed by atoms with Crippen molar-refractivity contribution in [3.63, 3.8) is 0 Å². The Morgan fingerprint density at radius 3 is 2.36 bits per heavy atom. The average Bonchev–Trinajstić information content (AvgIpc) is 2.46. The van der Waals surface area contributed by atoms with Gasteiger partial charge in [0.1, 0.15) is 0 Å². The molecule has 0 aliphatic heterocycles. The predicted molar refractivity (Wildman–Crippen MR) is 51.5 cm³/mol. The van der Waals surface area contributed by atoms with Crippen LogP contribution >= 0.6 is 0 Å². The van der Waals surface area contributed by atoms with Gasteiger partial charge in [0.25, 0.3) is 0 Å². The third kappa shape index (κ3) is 1.95. The summed E-state index contributed by atoms with van der Waals surface area (Å²) in [4.78, 5) is 15.0. The molecule has 0 saturated heterocycles. The number of rotatable bonds is 2. The normalized spacial score (nSPS) is 11.7. The molecule has 0 radical (unpaired) electrons. The number of nitrogens with zero attached hydrogens (tertiary/aromatic N) is 1. The SMILES string of the molecule is CCc1nc(C(C)(C)C)c(C(=O)O)o1. The van der Waals surface area contributed by atoms with Crippen LogP contribution in [0.15, 0.2) is 4.42 Å². The van der Waals surface area contributed by atoms with E-state index in [2.05, 4.69) is 4.98 Å². The Labute approximate surface area is 83.0 Å². The predicted octanol–water partition coefficient (Wildman–Crippen LogP) is 2.23. The van der Waals surface area contributed by atoms with Crippen molar-refractivity contribution < 1.29 is 14.3 Å². The zero-order chi connectivity index (χ0) is 10.9. The van der Waals surface area contributed by atoms with Gasteiger partial charge in [-0.25, -0.2) is 9.78 Å². The van der Waals surface area contributed by atoms with E-state index < -0.39 is 5.97 Å². The average molecular weight is 197 g/mol. The highest BCUT2D eigenvalue weighted by atomic mass is 16.4. The molecule has 14 heavy (non-hydrogen) atoms. The van der Waals surface area contributed by atoms with Crippen molar-refractivity contribution in [2.24, 2.45) is 0 Å². The van der Waals surface area contributed by atoms with Crippen LogP contribution in [-0.4, -0.2) is 16.1 Å². The van der Waals surface area contributed by atoms with Crippen LogP contribution in [0.25, 0.3) is 0 Å². The summed E-state index contributed by atoms with van der Waals surface area (Å²) in [6.07, 6.45) is 0.607. The van der Waals surface area contributed by atoms with Crippen molar-refractivity contribution in [3.8, 4) is 0 Å². The first-order chi connectivity index (χ1) is 6.36. The maximum atomic E-state index is 10.9. The molecule has 0 fully saturated rings. The first-order valence-electron chi connectivity index (χ1n) is 4.59. The van der Waals surface area contributed by atoms with Gasteiger partial charge in [-0.2, -0.15) is 0 Å². The highest BCUT2D eigenvalue weighted by Crippen LogP contribution is 2.26. The van der Waals surface area contributed by atoms with E-state index in [-0.39, 0.29) is 11.2 Å². The molecule has 4 nitrogen and oxygen atoms in total. The van der Waals surface area contributed by atoms with E-state index >= 15 is 0 Å². The van der Waals surface area contributed by atoms with Crippen LogP contribution in [-0.2, 0) is 11.8 Å². The van der Waals surface area contributed by atoms with E-state index in [1.807, 2.05) is 27.7 Å². The van der Waals surface area contributed by atoms with Crippen molar-refractivity contribution in [1.29, 1.82) is 0 Å². The number of carboxylic acid groups (broad SMARTS) is 1. The maximum absolute atomic E-state index is 10.9. The maximum Gasteiger partial charge on any atom is 0.373 e. The Kier molecular flexibility index (Phi) is 2.64. The molecule has 1 aromatic heterocycles. The Morgan fingerprint density at radius 2 is 2.07 bits per heavy atom. The van der Waals surface area contributed by atoms with E-state index in [1.54, 1.807) is 0 Å². The lowest BCUT2D eigenvalue weighted by Gasteiger charge is -2.14. The van der Waals surface area contributed by atoms with E-state index in [4.69, 9.17) is 9.52 Å². The fourth-order valence-corrected chi connectivity index (χ4v) is 1.17. The minimum absolute atomic E-state index is 0.0330. The van der Waals surface area contributed by atoms with E-state index in [0.717, 1.165) is 0 Å². The molecule has 1 N–H and O–H groups in total. The lowest BCUT2D eigenvalue weighted by molar-refractivity contribution is 0.0657. The summed E-state index contributed by atoms with van der Waals surface area (Å²) < 4.78 is 5.14. The molecule has 0 bridgehead atoms. The monoisotopic (exact) mass is 197 g/mol. The Bertz CT molecular complexity index is 347. The quantitative estimate of drug-likeness (QED) is 0.789. The van der Waals surface area contributed by atoms with Crippen LogP contribution < -0.4 is 0 Å². The molecule has 0 saturated carbocycles. The number of aryl methyl sites for hydroxylation is 1.